The van der Waals surface area contributed by atoms with Crippen LogP contribution in [-0.4, -0.2) is 17.0 Å². The van der Waals surface area contributed by atoms with Crippen LogP contribution in [0.3, 0.4) is 0 Å². The molecule has 2 aromatic carbocycles. The maximum absolute atomic E-state index is 12.2. The summed E-state index contributed by atoms with van der Waals surface area (Å²) in [6.45, 7) is 0. The summed E-state index contributed by atoms with van der Waals surface area (Å²) >= 11 is 11.6. The minimum absolute atomic E-state index is 0.221. The van der Waals surface area contributed by atoms with Crippen LogP contribution in [0.4, 0.5) is 0 Å². The fourth-order valence-electron chi connectivity index (χ4n) is 1.96. The number of aliphatic carboxylic acids is 1. The van der Waals surface area contributed by atoms with Gasteiger partial charge in [-0.2, -0.15) is 0 Å². The van der Waals surface area contributed by atoms with E-state index in [1.165, 1.54) is 0 Å². The highest BCUT2D eigenvalue weighted by molar-refractivity contribution is 6.30. The zero-order valence-corrected chi connectivity index (χ0v) is 12.9. The van der Waals surface area contributed by atoms with E-state index < -0.39 is 12.0 Å². The fraction of sp³-hybridized carbons (Fsp3) is 0.125. The number of carbonyl (C=O) groups excluding carboxylic acids is 1. The lowest BCUT2D eigenvalue weighted by Crippen LogP contribution is -2.30. The van der Waals surface area contributed by atoms with Crippen LogP contribution in [0, 0.1) is 0 Å². The number of carboxylic acid groups (broad SMARTS) is 1. The Morgan fingerprint density at radius 1 is 0.955 bits per heavy atom. The van der Waals surface area contributed by atoms with E-state index in [1.54, 1.807) is 48.5 Å². The van der Waals surface area contributed by atoms with Gasteiger partial charge in [0.25, 0.3) is 5.91 Å². The Balaban J connectivity index is 2.19. The number of carbonyl (C=O) groups is 2. The van der Waals surface area contributed by atoms with Gasteiger partial charge in [-0.3, -0.25) is 9.59 Å². The lowest BCUT2D eigenvalue weighted by Gasteiger charge is -2.17. The summed E-state index contributed by atoms with van der Waals surface area (Å²) in [7, 11) is 0. The van der Waals surface area contributed by atoms with Gasteiger partial charge in [-0.25, -0.2) is 0 Å². The number of carboxylic acids is 1. The van der Waals surface area contributed by atoms with Gasteiger partial charge in [0.05, 0.1) is 12.5 Å². The molecule has 2 rings (SSSR count). The maximum Gasteiger partial charge on any atom is 0.305 e. The molecule has 0 saturated carbocycles. The highest BCUT2D eigenvalue weighted by Gasteiger charge is 2.19. The third-order valence-electron chi connectivity index (χ3n) is 3.06. The van der Waals surface area contributed by atoms with E-state index in [2.05, 4.69) is 5.32 Å². The minimum Gasteiger partial charge on any atom is -0.481 e. The van der Waals surface area contributed by atoms with Gasteiger partial charge in [0, 0.05) is 15.6 Å². The average molecular weight is 338 g/mol. The normalized spacial score (nSPS) is 11.7. The topological polar surface area (TPSA) is 66.4 Å². The molecular formula is C16H13Cl2NO3. The number of benzene rings is 2. The SMILES string of the molecule is O=C(O)CC(NC(=O)c1ccc(Cl)cc1)c1ccc(Cl)cc1. The molecule has 22 heavy (non-hydrogen) atoms. The van der Waals surface area contributed by atoms with E-state index in [0.717, 1.165) is 0 Å². The van der Waals surface area contributed by atoms with E-state index in [4.69, 9.17) is 28.3 Å². The van der Waals surface area contributed by atoms with Crippen LogP contribution in [-0.2, 0) is 4.79 Å². The fourth-order valence-corrected chi connectivity index (χ4v) is 2.22. The molecule has 0 radical (unpaired) electrons. The number of hydrogen-bond acceptors (Lipinski definition) is 2. The van der Waals surface area contributed by atoms with Gasteiger partial charge in [-0.15, -0.1) is 0 Å². The van der Waals surface area contributed by atoms with Crippen LogP contribution in [0.2, 0.25) is 10.0 Å². The maximum atomic E-state index is 12.2. The van der Waals surface area contributed by atoms with Gasteiger partial charge >= 0.3 is 5.97 Å². The molecule has 0 saturated heterocycles. The van der Waals surface area contributed by atoms with Crippen LogP contribution in [0.15, 0.2) is 48.5 Å². The lowest BCUT2D eigenvalue weighted by atomic mass is 10.0. The highest BCUT2D eigenvalue weighted by Crippen LogP contribution is 2.20. The molecule has 1 unspecified atom stereocenters. The zero-order chi connectivity index (χ0) is 16.1. The first-order chi connectivity index (χ1) is 10.5. The summed E-state index contributed by atoms with van der Waals surface area (Å²) in [6.07, 6.45) is -0.221. The van der Waals surface area contributed by atoms with Gasteiger partial charge in [0.1, 0.15) is 0 Å². The summed E-state index contributed by atoms with van der Waals surface area (Å²) in [6, 6.07) is 12.4. The second kappa shape index (κ2) is 7.29. The van der Waals surface area contributed by atoms with Crippen molar-refractivity contribution in [1.29, 1.82) is 0 Å². The molecule has 0 aliphatic heterocycles. The van der Waals surface area contributed by atoms with E-state index in [1.807, 2.05) is 0 Å². The number of halogens is 2. The Morgan fingerprint density at radius 3 is 1.95 bits per heavy atom. The summed E-state index contributed by atoms with van der Waals surface area (Å²) in [5.41, 5.74) is 1.09. The monoisotopic (exact) mass is 337 g/mol. The summed E-state index contributed by atoms with van der Waals surface area (Å²) < 4.78 is 0. The molecule has 0 spiro atoms. The number of nitrogens with one attached hydrogen (secondary N) is 1. The molecule has 114 valence electrons. The molecule has 6 heteroatoms. The van der Waals surface area contributed by atoms with E-state index in [-0.39, 0.29) is 12.3 Å². The van der Waals surface area contributed by atoms with E-state index in [0.29, 0.717) is 21.2 Å². The summed E-state index contributed by atoms with van der Waals surface area (Å²) in [5.74, 6) is -1.37. The third-order valence-corrected chi connectivity index (χ3v) is 3.57. The first-order valence-electron chi connectivity index (χ1n) is 6.49. The van der Waals surface area contributed by atoms with Crippen molar-refractivity contribution in [3.63, 3.8) is 0 Å². The van der Waals surface area contributed by atoms with Crippen LogP contribution >= 0.6 is 23.2 Å². The number of amides is 1. The van der Waals surface area contributed by atoms with Gasteiger partial charge in [-0.1, -0.05) is 35.3 Å². The Kier molecular flexibility index (Phi) is 5.41. The highest BCUT2D eigenvalue weighted by atomic mass is 35.5. The smallest absolute Gasteiger partial charge is 0.305 e. The molecule has 0 aliphatic rings. The van der Waals surface area contributed by atoms with Gasteiger partial charge in [-0.05, 0) is 42.0 Å². The second-order valence-electron chi connectivity index (χ2n) is 4.68. The molecule has 0 aliphatic carbocycles. The lowest BCUT2D eigenvalue weighted by molar-refractivity contribution is -0.137. The summed E-state index contributed by atoms with van der Waals surface area (Å²) in [4.78, 5) is 23.2. The average Bonchev–Trinajstić information content (AvgIpc) is 2.47. The largest absolute Gasteiger partial charge is 0.481 e. The van der Waals surface area contributed by atoms with Crippen LogP contribution in [0.5, 0.6) is 0 Å². The van der Waals surface area contributed by atoms with Crippen LogP contribution in [0.25, 0.3) is 0 Å². The van der Waals surface area contributed by atoms with Crippen molar-refractivity contribution in [2.24, 2.45) is 0 Å². The number of hydrogen-bond donors (Lipinski definition) is 2. The van der Waals surface area contributed by atoms with Crippen LogP contribution < -0.4 is 5.32 Å². The number of rotatable bonds is 5. The van der Waals surface area contributed by atoms with E-state index >= 15 is 0 Å². The van der Waals surface area contributed by atoms with Crippen molar-refractivity contribution in [2.75, 3.05) is 0 Å². The predicted octanol–water partition coefficient (Wildman–Crippen LogP) is 3.94. The molecule has 2 N–H and O–H groups in total. The molecule has 0 aromatic heterocycles. The van der Waals surface area contributed by atoms with Gasteiger partial charge < -0.3 is 10.4 Å². The first kappa shape index (κ1) is 16.3. The molecule has 0 heterocycles. The summed E-state index contributed by atoms with van der Waals surface area (Å²) in [5, 5.41) is 12.8. The van der Waals surface area contributed by atoms with E-state index in [9.17, 15) is 9.59 Å². The van der Waals surface area contributed by atoms with Crippen molar-refractivity contribution in [3.8, 4) is 0 Å². The van der Waals surface area contributed by atoms with Crippen molar-refractivity contribution >= 4 is 35.1 Å². The predicted molar refractivity (Wildman–Crippen MR) is 85.4 cm³/mol. The zero-order valence-electron chi connectivity index (χ0n) is 11.4. The first-order valence-corrected chi connectivity index (χ1v) is 7.25. The Labute approximate surface area is 137 Å². The molecule has 2 aromatic rings. The molecular weight excluding hydrogens is 325 g/mol. The Hall–Kier alpha value is -2.04. The molecule has 4 nitrogen and oxygen atoms in total. The quantitative estimate of drug-likeness (QED) is 0.868. The standard InChI is InChI=1S/C16H13Cl2NO3/c17-12-5-1-10(2-6-12)14(9-15(20)21)19-16(22)11-3-7-13(18)8-4-11/h1-8,14H,9H2,(H,19,22)(H,20,21). The minimum atomic E-state index is -1.00. The molecule has 1 amide bonds. The van der Waals surface area contributed by atoms with Crippen molar-refractivity contribution in [3.05, 3.63) is 69.7 Å². The molecule has 0 fully saturated rings. The van der Waals surface area contributed by atoms with Crippen molar-refractivity contribution in [2.45, 2.75) is 12.5 Å². The van der Waals surface area contributed by atoms with Crippen molar-refractivity contribution < 1.29 is 14.7 Å². The second-order valence-corrected chi connectivity index (χ2v) is 5.56. The van der Waals surface area contributed by atoms with Gasteiger partial charge in [0.2, 0.25) is 0 Å². The Bertz CT molecular complexity index is 669. The third kappa shape index (κ3) is 4.48. The molecule has 0 bridgehead atoms. The van der Waals surface area contributed by atoms with Crippen LogP contribution in [0.1, 0.15) is 28.4 Å². The van der Waals surface area contributed by atoms with Crippen molar-refractivity contribution in [1.82, 2.24) is 5.32 Å². The molecule has 1 atom stereocenters. The Morgan fingerprint density at radius 2 is 1.45 bits per heavy atom. The van der Waals surface area contributed by atoms with Gasteiger partial charge in [0.15, 0.2) is 0 Å².